The smallest absolute Gasteiger partial charge is 0.305 e. The molecule has 1 fully saturated rings. The number of benzene rings is 1. The van der Waals surface area contributed by atoms with Crippen LogP contribution in [-0.2, 0) is 14.3 Å². The zero-order chi connectivity index (χ0) is 14.5. The summed E-state index contributed by atoms with van der Waals surface area (Å²) in [7, 11) is 1.33. The number of carbonyl (C=O) groups excluding carboxylic acids is 2. The maximum absolute atomic E-state index is 11.6. The molecule has 0 aromatic heterocycles. The molecule has 0 spiro atoms. The number of amides is 1. The molecule has 0 heterocycles. The van der Waals surface area contributed by atoms with Gasteiger partial charge in [0.25, 0.3) is 0 Å². The summed E-state index contributed by atoms with van der Waals surface area (Å²) in [5.41, 5.74) is 1.45. The van der Waals surface area contributed by atoms with Crippen molar-refractivity contribution in [3.8, 4) is 0 Å². The second-order valence-corrected chi connectivity index (χ2v) is 5.02. The van der Waals surface area contributed by atoms with Crippen molar-refractivity contribution in [3.05, 3.63) is 29.8 Å². The van der Waals surface area contributed by atoms with Crippen molar-refractivity contribution in [1.82, 2.24) is 0 Å². The monoisotopic (exact) mass is 277 g/mol. The van der Waals surface area contributed by atoms with Gasteiger partial charge in [0.15, 0.2) is 0 Å². The van der Waals surface area contributed by atoms with E-state index in [9.17, 15) is 14.7 Å². The average Bonchev–Trinajstić information content (AvgIpc) is 3.29. The normalized spacial score (nSPS) is 15.5. The number of hydrogen-bond acceptors (Lipinski definition) is 4. The van der Waals surface area contributed by atoms with E-state index < -0.39 is 6.10 Å². The van der Waals surface area contributed by atoms with E-state index in [-0.39, 0.29) is 24.2 Å². The van der Waals surface area contributed by atoms with Gasteiger partial charge in [0, 0.05) is 18.0 Å². The summed E-state index contributed by atoms with van der Waals surface area (Å²) >= 11 is 0. The highest BCUT2D eigenvalue weighted by atomic mass is 16.5. The lowest BCUT2D eigenvalue weighted by atomic mass is 10.0. The van der Waals surface area contributed by atoms with Crippen molar-refractivity contribution in [2.24, 2.45) is 5.92 Å². The van der Waals surface area contributed by atoms with Crippen molar-refractivity contribution in [3.63, 3.8) is 0 Å². The van der Waals surface area contributed by atoms with Crippen LogP contribution in [0.3, 0.4) is 0 Å². The van der Waals surface area contributed by atoms with Crippen LogP contribution in [0.25, 0.3) is 0 Å². The van der Waals surface area contributed by atoms with Crippen LogP contribution >= 0.6 is 0 Å². The second kappa shape index (κ2) is 6.52. The molecule has 5 nitrogen and oxygen atoms in total. The Balaban J connectivity index is 1.86. The van der Waals surface area contributed by atoms with Crippen LogP contribution in [0, 0.1) is 5.92 Å². The first-order chi connectivity index (χ1) is 9.60. The van der Waals surface area contributed by atoms with Gasteiger partial charge in [0.1, 0.15) is 0 Å². The first-order valence-corrected chi connectivity index (χ1v) is 6.76. The van der Waals surface area contributed by atoms with Gasteiger partial charge in [0.2, 0.25) is 5.91 Å². The maximum Gasteiger partial charge on any atom is 0.305 e. The molecule has 1 aliphatic rings. The highest BCUT2D eigenvalue weighted by Gasteiger charge is 2.29. The molecule has 1 unspecified atom stereocenters. The molecule has 1 aliphatic carbocycles. The maximum atomic E-state index is 11.6. The minimum atomic E-state index is -0.706. The second-order valence-electron chi connectivity index (χ2n) is 5.02. The number of aliphatic hydroxyl groups is 1. The Labute approximate surface area is 117 Å². The van der Waals surface area contributed by atoms with Crippen molar-refractivity contribution < 1.29 is 19.4 Å². The number of esters is 1. The van der Waals surface area contributed by atoms with Gasteiger partial charge in [-0.2, -0.15) is 0 Å². The molecule has 1 aromatic rings. The van der Waals surface area contributed by atoms with Crippen LogP contribution in [0.2, 0.25) is 0 Å². The van der Waals surface area contributed by atoms with E-state index >= 15 is 0 Å². The minimum absolute atomic E-state index is 0.0592. The summed E-state index contributed by atoms with van der Waals surface area (Å²) in [6.07, 6.45) is 1.73. The Bertz CT molecular complexity index is 479. The van der Waals surface area contributed by atoms with Crippen LogP contribution in [-0.4, -0.2) is 24.1 Å². The molecular weight excluding hydrogens is 258 g/mol. The van der Waals surface area contributed by atoms with Crippen molar-refractivity contribution >= 4 is 17.6 Å². The predicted molar refractivity (Wildman–Crippen MR) is 74.0 cm³/mol. The van der Waals surface area contributed by atoms with Gasteiger partial charge in [0.05, 0.1) is 13.2 Å². The fourth-order valence-electron chi connectivity index (χ4n) is 1.90. The Morgan fingerprint density at radius 2 is 2.00 bits per heavy atom. The number of aliphatic hydroxyl groups excluding tert-OH is 1. The van der Waals surface area contributed by atoms with E-state index in [4.69, 9.17) is 0 Å². The number of hydrogen-bond donors (Lipinski definition) is 2. The van der Waals surface area contributed by atoms with Crippen LogP contribution in [0.4, 0.5) is 5.69 Å². The summed E-state index contributed by atoms with van der Waals surface area (Å²) in [4.78, 5) is 22.6. The fourth-order valence-corrected chi connectivity index (χ4v) is 1.90. The highest BCUT2D eigenvalue weighted by molar-refractivity contribution is 5.94. The van der Waals surface area contributed by atoms with Gasteiger partial charge in [-0.15, -0.1) is 0 Å². The topological polar surface area (TPSA) is 75.6 Å². The van der Waals surface area contributed by atoms with Gasteiger partial charge in [-0.1, -0.05) is 12.1 Å². The van der Waals surface area contributed by atoms with Crippen LogP contribution < -0.4 is 5.32 Å². The average molecular weight is 277 g/mol. The molecule has 20 heavy (non-hydrogen) atoms. The van der Waals surface area contributed by atoms with E-state index in [1.807, 2.05) is 0 Å². The quantitative estimate of drug-likeness (QED) is 0.780. The van der Waals surface area contributed by atoms with Gasteiger partial charge in [-0.25, -0.2) is 0 Å². The summed E-state index contributed by atoms with van der Waals surface area (Å²) in [6.45, 7) is 0. The zero-order valence-corrected chi connectivity index (χ0v) is 11.5. The van der Waals surface area contributed by atoms with Crippen molar-refractivity contribution in [2.75, 3.05) is 12.4 Å². The molecule has 1 saturated carbocycles. The lowest BCUT2D eigenvalue weighted by Gasteiger charge is -2.11. The first kappa shape index (κ1) is 14.5. The Hall–Kier alpha value is -1.88. The van der Waals surface area contributed by atoms with Crippen LogP contribution in [0.5, 0.6) is 0 Å². The van der Waals surface area contributed by atoms with Gasteiger partial charge in [-0.3, -0.25) is 9.59 Å². The summed E-state index contributed by atoms with van der Waals surface area (Å²) < 4.78 is 4.53. The zero-order valence-electron chi connectivity index (χ0n) is 11.5. The number of methoxy groups -OCH3 is 1. The fraction of sp³-hybridized carbons (Fsp3) is 0.467. The molecular formula is C15H19NO4. The number of carbonyl (C=O) groups is 2. The Morgan fingerprint density at radius 3 is 2.55 bits per heavy atom. The molecule has 0 bridgehead atoms. The van der Waals surface area contributed by atoms with E-state index in [2.05, 4.69) is 10.1 Å². The first-order valence-electron chi connectivity index (χ1n) is 6.76. The van der Waals surface area contributed by atoms with E-state index in [0.29, 0.717) is 6.42 Å². The standard InChI is InChI=1S/C15H19NO4/c1-20-14(18)9-8-13(17)10-4-6-12(7-5-10)16-15(19)11-2-3-11/h4-7,11,13,17H,2-3,8-9H2,1H3,(H,16,19). The van der Waals surface area contributed by atoms with Gasteiger partial charge in [-0.05, 0) is 37.0 Å². The lowest BCUT2D eigenvalue weighted by Crippen LogP contribution is -2.13. The summed E-state index contributed by atoms with van der Waals surface area (Å²) in [5, 5.41) is 12.8. The Kier molecular flexibility index (Phi) is 4.74. The number of rotatable bonds is 6. The molecule has 1 amide bonds. The molecule has 2 rings (SSSR count). The lowest BCUT2D eigenvalue weighted by molar-refractivity contribution is -0.141. The minimum Gasteiger partial charge on any atom is -0.469 e. The van der Waals surface area contributed by atoms with Crippen molar-refractivity contribution in [2.45, 2.75) is 31.8 Å². The molecule has 5 heteroatoms. The molecule has 0 aliphatic heterocycles. The summed E-state index contributed by atoms with van der Waals surface area (Å²) in [5.74, 6) is -0.110. The number of ether oxygens (including phenoxy) is 1. The van der Waals surface area contributed by atoms with E-state index in [0.717, 1.165) is 24.1 Å². The molecule has 0 saturated heterocycles. The molecule has 2 N–H and O–H groups in total. The Morgan fingerprint density at radius 1 is 1.35 bits per heavy atom. The third kappa shape index (κ3) is 4.06. The van der Waals surface area contributed by atoms with Crippen molar-refractivity contribution in [1.29, 1.82) is 0 Å². The third-order valence-electron chi connectivity index (χ3n) is 3.36. The summed E-state index contributed by atoms with van der Waals surface area (Å²) in [6, 6.07) is 7.03. The van der Waals surface area contributed by atoms with Crippen LogP contribution in [0.15, 0.2) is 24.3 Å². The molecule has 1 aromatic carbocycles. The SMILES string of the molecule is COC(=O)CCC(O)c1ccc(NC(=O)C2CC2)cc1. The van der Waals surface area contributed by atoms with Crippen LogP contribution in [0.1, 0.15) is 37.4 Å². The van der Waals surface area contributed by atoms with Gasteiger partial charge < -0.3 is 15.2 Å². The van der Waals surface area contributed by atoms with E-state index in [1.54, 1.807) is 24.3 Å². The molecule has 0 radical (unpaired) electrons. The third-order valence-corrected chi connectivity index (χ3v) is 3.36. The molecule has 1 atom stereocenters. The molecule has 108 valence electrons. The van der Waals surface area contributed by atoms with Gasteiger partial charge >= 0.3 is 5.97 Å². The predicted octanol–water partition coefficient (Wildman–Crippen LogP) is 2.02. The van der Waals surface area contributed by atoms with E-state index in [1.165, 1.54) is 7.11 Å². The highest BCUT2D eigenvalue weighted by Crippen LogP contribution is 2.30. The largest absolute Gasteiger partial charge is 0.469 e. The number of nitrogens with one attached hydrogen (secondary N) is 1. The number of anilines is 1.